The lowest BCUT2D eigenvalue weighted by molar-refractivity contribution is 0.391. The number of aromatic nitrogens is 4. The molecule has 0 spiro atoms. The van der Waals surface area contributed by atoms with Crippen LogP contribution in [0.1, 0.15) is 50.3 Å². The largest absolute Gasteiger partial charge is 0.361 e. The molecule has 0 bridgehead atoms. The average molecular weight is 556 g/mol. The number of nitrogens with zero attached hydrogens (tertiary/aromatic N) is 4. The van der Waals surface area contributed by atoms with E-state index in [1.165, 1.54) is 10.9 Å². The summed E-state index contributed by atoms with van der Waals surface area (Å²) in [6.07, 6.45) is 4.87. The fraction of sp³-hybridized carbons (Fsp3) is 0.500. The van der Waals surface area contributed by atoms with Gasteiger partial charge in [0.15, 0.2) is 11.8 Å². The average Bonchev–Trinajstić information content (AvgIpc) is 3.32. The summed E-state index contributed by atoms with van der Waals surface area (Å²) >= 11 is 6.16. The summed E-state index contributed by atoms with van der Waals surface area (Å²) in [5.74, 6) is 3.24. The molecule has 168 valence electrons. The lowest BCUT2D eigenvalue weighted by atomic mass is 10.1. The van der Waals surface area contributed by atoms with E-state index in [0.717, 1.165) is 60.5 Å². The fourth-order valence-corrected chi connectivity index (χ4v) is 4.02. The van der Waals surface area contributed by atoms with Crippen LogP contribution < -0.4 is 10.6 Å². The van der Waals surface area contributed by atoms with Gasteiger partial charge in [-0.25, -0.2) is 9.67 Å². The molecule has 0 saturated carbocycles. The number of halogens is 2. The SMILES string of the molecule is CCNC(=NCCc1c[nH]c2ccc(Cl)cc12)NC1CCc2nc(C(C)C)nn2C1.I. The predicted octanol–water partition coefficient (Wildman–Crippen LogP) is 4.27. The van der Waals surface area contributed by atoms with Gasteiger partial charge < -0.3 is 15.6 Å². The Kier molecular flexibility index (Phi) is 8.21. The van der Waals surface area contributed by atoms with Crippen molar-refractivity contribution in [3.8, 4) is 0 Å². The first-order valence-corrected chi connectivity index (χ1v) is 11.1. The van der Waals surface area contributed by atoms with Crippen LogP contribution in [0, 0.1) is 0 Å². The fourth-order valence-electron chi connectivity index (χ4n) is 3.85. The van der Waals surface area contributed by atoms with Gasteiger partial charge in [-0.2, -0.15) is 5.10 Å². The Bertz CT molecular complexity index is 1040. The molecule has 1 atom stereocenters. The second-order valence-corrected chi connectivity index (χ2v) is 8.55. The smallest absolute Gasteiger partial charge is 0.191 e. The monoisotopic (exact) mass is 555 g/mol. The Morgan fingerprint density at radius 2 is 2.23 bits per heavy atom. The first kappa shape index (κ1) is 23.8. The summed E-state index contributed by atoms with van der Waals surface area (Å²) in [4.78, 5) is 12.8. The molecule has 3 aromatic rings. The zero-order chi connectivity index (χ0) is 21.1. The normalized spacial score (nSPS) is 16.3. The van der Waals surface area contributed by atoms with E-state index in [-0.39, 0.29) is 24.0 Å². The molecule has 4 rings (SSSR count). The van der Waals surface area contributed by atoms with Crippen LogP contribution in [-0.2, 0) is 19.4 Å². The Balaban J connectivity index is 0.00000272. The van der Waals surface area contributed by atoms with E-state index in [0.29, 0.717) is 18.5 Å². The minimum Gasteiger partial charge on any atom is -0.361 e. The van der Waals surface area contributed by atoms with Crippen LogP contribution in [-0.4, -0.2) is 44.8 Å². The maximum Gasteiger partial charge on any atom is 0.191 e. The number of fused-ring (bicyclic) bond motifs is 2. The maximum atomic E-state index is 6.16. The quantitative estimate of drug-likeness (QED) is 0.241. The summed E-state index contributed by atoms with van der Waals surface area (Å²) < 4.78 is 2.05. The van der Waals surface area contributed by atoms with E-state index in [2.05, 4.69) is 57.4 Å². The van der Waals surface area contributed by atoms with Crippen LogP contribution in [0.4, 0.5) is 0 Å². The van der Waals surface area contributed by atoms with Gasteiger partial charge in [0.2, 0.25) is 0 Å². The molecule has 2 aromatic heterocycles. The van der Waals surface area contributed by atoms with Crippen molar-refractivity contribution in [3.05, 3.63) is 46.6 Å². The number of rotatable bonds is 6. The highest BCUT2D eigenvalue weighted by molar-refractivity contribution is 14.0. The van der Waals surface area contributed by atoms with Crippen molar-refractivity contribution < 1.29 is 0 Å². The number of aryl methyl sites for hydroxylation is 1. The molecule has 1 unspecified atom stereocenters. The van der Waals surface area contributed by atoms with E-state index in [4.69, 9.17) is 16.6 Å². The second kappa shape index (κ2) is 10.7. The molecule has 31 heavy (non-hydrogen) atoms. The minimum absolute atomic E-state index is 0. The highest BCUT2D eigenvalue weighted by atomic mass is 127. The van der Waals surface area contributed by atoms with Gasteiger partial charge >= 0.3 is 0 Å². The van der Waals surface area contributed by atoms with Crippen molar-refractivity contribution in [1.82, 2.24) is 30.4 Å². The maximum absolute atomic E-state index is 6.16. The topological polar surface area (TPSA) is 82.9 Å². The van der Waals surface area contributed by atoms with Crippen molar-refractivity contribution >= 4 is 52.4 Å². The molecule has 0 aliphatic carbocycles. The Labute approximate surface area is 205 Å². The number of H-pyrrole nitrogens is 1. The molecule has 0 radical (unpaired) electrons. The van der Waals surface area contributed by atoms with Gasteiger partial charge in [-0.15, -0.1) is 24.0 Å². The molecule has 3 N–H and O–H groups in total. The highest BCUT2D eigenvalue weighted by Gasteiger charge is 2.23. The van der Waals surface area contributed by atoms with Crippen LogP contribution in [0.25, 0.3) is 10.9 Å². The number of aliphatic imine (C=N–C) groups is 1. The molecule has 0 amide bonds. The molecule has 9 heteroatoms. The second-order valence-electron chi connectivity index (χ2n) is 8.12. The van der Waals surface area contributed by atoms with Crippen molar-refractivity contribution in [3.63, 3.8) is 0 Å². The molecule has 1 aliphatic rings. The van der Waals surface area contributed by atoms with Gasteiger partial charge in [-0.3, -0.25) is 4.99 Å². The first-order chi connectivity index (χ1) is 14.5. The number of aromatic amines is 1. The third-order valence-electron chi connectivity index (χ3n) is 5.46. The van der Waals surface area contributed by atoms with E-state index in [1.54, 1.807) is 0 Å². The van der Waals surface area contributed by atoms with Crippen LogP contribution >= 0.6 is 35.6 Å². The lowest BCUT2D eigenvalue weighted by Gasteiger charge is -2.25. The third-order valence-corrected chi connectivity index (χ3v) is 5.69. The molecule has 1 aromatic carbocycles. The van der Waals surface area contributed by atoms with Crippen molar-refractivity contribution in [1.29, 1.82) is 0 Å². The van der Waals surface area contributed by atoms with E-state index < -0.39 is 0 Å². The lowest BCUT2D eigenvalue weighted by Crippen LogP contribution is -2.47. The van der Waals surface area contributed by atoms with Crippen molar-refractivity contribution in [2.24, 2.45) is 4.99 Å². The summed E-state index contributed by atoms with van der Waals surface area (Å²) in [5, 5.41) is 13.6. The number of hydrogen-bond acceptors (Lipinski definition) is 3. The summed E-state index contributed by atoms with van der Waals surface area (Å²) in [5.41, 5.74) is 2.34. The third kappa shape index (κ3) is 5.71. The van der Waals surface area contributed by atoms with Crippen LogP contribution in [0.2, 0.25) is 5.02 Å². The van der Waals surface area contributed by atoms with Gasteiger partial charge in [-0.05, 0) is 43.5 Å². The highest BCUT2D eigenvalue weighted by Crippen LogP contribution is 2.22. The molecule has 3 heterocycles. The standard InChI is InChI=1S/C22H30ClN7.HI/c1-4-24-22(25-10-9-15-12-26-19-7-5-16(23)11-18(15)19)27-17-6-8-20-28-21(14(2)3)29-30(20)13-17;/h5,7,11-12,14,17,26H,4,6,8-10,13H2,1-3H3,(H2,24,25,27);1H. The van der Waals surface area contributed by atoms with E-state index >= 15 is 0 Å². The summed E-state index contributed by atoms with van der Waals surface area (Å²) in [7, 11) is 0. The van der Waals surface area contributed by atoms with Gasteiger partial charge in [0.05, 0.1) is 6.54 Å². The van der Waals surface area contributed by atoms with Gasteiger partial charge in [0.25, 0.3) is 0 Å². The van der Waals surface area contributed by atoms with Gasteiger partial charge in [0, 0.05) is 53.6 Å². The molecule has 1 aliphatic heterocycles. The minimum atomic E-state index is 0. The molecular weight excluding hydrogens is 525 g/mol. The summed E-state index contributed by atoms with van der Waals surface area (Å²) in [6, 6.07) is 6.23. The molecule has 0 saturated heterocycles. The van der Waals surface area contributed by atoms with Crippen LogP contribution in [0.5, 0.6) is 0 Å². The zero-order valence-electron chi connectivity index (χ0n) is 18.3. The van der Waals surface area contributed by atoms with E-state index in [9.17, 15) is 0 Å². The van der Waals surface area contributed by atoms with Crippen molar-refractivity contribution in [2.45, 2.75) is 58.5 Å². The number of benzene rings is 1. The van der Waals surface area contributed by atoms with Crippen molar-refractivity contribution in [2.75, 3.05) is 13.1 Å². The van der Waals surface area contributed by atoms with E-state index in [1.807, 2.05) is 18.2 Å². The number of hydrogen-bond donors (Lipinski definition) is 3. The van der Waals surface area contributed by atoms with Gasteiger partial charge in [-0.1, -0.05) is 25.4 Å². The van der Waals surface area contributed by atoms with Crippen LogP contribution in [0.3, 0.4) is 0 Å². The molecule has 7 nitrogen and oxygen atoms in total. The first-order valence-electron chi connectivity index (χ1n) is 10.8. The molecule has 0 fully saturated rings. The number of guanidine groups is 1. The molecular formula is C22H31ClIN7. The van der Waals surface area contributed by atoms with Crippen LogP contribution in [0.15, 0.2) is 29.4 Å². The zero-order valence-corrected chi connectivity index (χ0v) is 21.4. The predicted molar refractivity (Wildman–Crippen MR) is 138 cm³/mol. The number of nitrogens with one attached hydrogen (secondary N) is 3. The summed E-state index contributed by atoms with van der Waals surface area (Å²) in [6.45, 7) is 8.70. The Morgan fingerprint density at radius 1 is 1.39 bits per heavy atom. The Morgan fingerprint density at radius 3 is 3.00 bits per heavy atom. The Hall–Kier alpha value is -1.81. The van der Waals surface area contributed by atoms with Gasteiger partial charge in [0.1, 0.15) is 5.82 Å².